The number of halogens is 3. The van der Waals surface area contributed by atoms with Gasteiger partial charge in [0.1, 0.15) is 34.8 Å². The molecule has 152 valence electrons. The SMILES string of the molecule is CC1CCC(CCc2ccc(C(=O)Oc3cc(F)c(C#N)c(F)c3)c(F)c2)CC1. The highest BCUT2D eigenvalue weighted by atomic mass is 19.1. The maximum absolute atomic E-state index is 14.4. The smallest absolute Gasteiger partial charge is 0.346 e. The number of hydrogen-bond donors (Lipinski definition) is 0. The molecule has 0 unspecified atom stereocenters. The Kier molecular flexibility index (Phi) is 6.58. The van der Waals surface area contributed by atoms with Crippen LogP contribution >= 0.6 is 0 Å². The fraction of sp³-hybridized carbons (Fsp3) is 0.391. The van der Waals surface area contributed by atoms with Gasteiger partial charge in [0.05, 0.1) is 5.56 Å². The second-order valence-corrected chi connectivity index (χ2v) is 7.74. The highest BCUT2D eigenvalue weighted by molar-refractivity contribution is 5.91. The Bertz CT molecular complexity index is 921. The first-order valence-corrected chi connectivity index (χ1v) is 9.77. The average molecular weight is 401 g/mol. The van der Waals surface area contributed by atoms with Gasteiger partial charge in [-0.05, 0) is 42.4 Å². The molecule has 0 bridgehead atoms. The maximum atomic E-state index is 14.4. The Hall–Kier alpha value is -2.81. The van der Waals surface area contributed by atoms with E-state index in [4.69, 9.17) is 10.00 Å². The predicted molar refractivity (Wildman–Crippen MR) is 102 cm³/mol. The Morgan fingerprint density at radius 2 is 1.72 bits per heavy atom. The number of benzene rings is 2. The van der Waals surface area contributed by atoms with Crippen molar-refractivity contribution in [2.24, 2.45) is 11.8 Å². The number of nitriles is 1. The summed E-state index contributed by atoms with van der Waals surface area (Å²) in [5.41, 5.74) is -0.286. The van der Waals surface area contributed by atoms with Gasteiger partial charge in [0.2, 0.25) is 0 Å². The summed E-state index contributed by atoms with van der Waals surface area (Å²) in [6.07, 6.45) is 6.59. The summed E-state index contributed by atoms with van der Waals surface area (Å²) in [6.45, 7) is 2.27. The lowest BCUT2D eigenvalue weighted by Gasteiger charge is -2.26. The van der Waals surface area contributed by atoms with Gasteiger partial charge >= 0.3 is 5.97 Å². The molecule has 0 aromatic heterocycles. The van der Waals surface area contributed by atoms with Gasteiger partial charge in [-0.2, -0.15) is 5.26 Å². The summed E-state index contributed by atoms with van der Waals surface area (Å²) in [5.74, 6) is -3.09. The van der Waals surface area contributed by atoms with E-state index in [1.54, 1.807) is 6.07 Å². The third-order valence-electron chi connectivity index (χ3n) is 5.57. The summed E-state index contributed by atoms with van der Waals surface area (Å²) in [7, 11) is 0. The van der Waals surface area contributed by atoms with Crippen molar-refractivity contribution in [3.63, 3.8) is 0 Å². The van der Waals surface area contributed by atoms with E-state index in [1.165, 1.54) is 43.9 Å². The number of rotatable bonds is 5. The number of nitrogens with zero attached hydrogens (tertiary/aromatic N) is 1. The van der Waals surface area contributed by atoms with Crippen LogP contribution in [-0.4, -0.2) is 5.97 Å². The monoisotopic (exact) mass is 401 g/mol. The topological polar surface area (TPSA) is 50.1 Å². The Balaban J connectivity index is 1.64. The normalized spacial score (nSPS) is 18.9. The Morgan fingerprint density at radius 1 is 1.07 bits per heavy atom. The molecule has 1 aliphatic carbocycles. The number of ether oxygens (including phenoxy) is 1. The molecule has 29 heavy (non-hydrogen) atoms. The number of carbonyl (C=O) groups excluding carboxylic acids is 1. The molecule has 0 N–H and O–H groups in total. The lowest BCUT2D eigenvalue weighted by atomic mass is 9.80. The molecular formula is C23H22F3NO2. The summed E-state index contributed by atoms with van der Waals surface area (Å²) in [4.78, 5) is 12.2. The summed E-state index contributed by atoms with van der Waals surface area (Å²) >= 11 is 0. The third kappa shape index (κ3) is 5.17. The minimum atomic E-state index is -1.15. The van der Waals surface area contributed by atoms with E-state index in [0.717, 1.165) is 36.5 Å². The number of esters is 1. The molecule has 0 heterocycles. The van der Waals surface area contributed by atoms with Gasteiger partial charge in [-0.15, -0.1) is 0 Å². The molecule has 0 atom stereocenters. The van der Waals surface area contributed by atoms with Crippen LogP contribution < -0.4 is 4.74 Å². The fourth-order valence-corrected chi connectivity index (χ4v) is 3.75. The maximum Gasteiger partial charge on any atom is 0.346 e. The van der Waals surface area contributed by atoms with Crippen molar-refractivity contribution in [3.05, 3.63) is 64.5 Å². The third-order valence-corrected chi connectivity index (χ3v) is 5.57. The lowest BCUT2D eigenvalue weighted by molar-refractivity contribution is 0.0729. The van der Waals surface area contributed by atoms with E-state index in [0.29, 0.717) is 5.92 Å². The zero-order chi connectivity index (χ0) is 21.0. The zero-order valence-corrected chi connectivity index (χ0v) is 16.2. The first kappa shape index (κ1) is 20.9. The molecule has 0 radical (unpaired) electrons. The van der Waals surface area contributed by atoms with Crippen molar-refractivity contribution in [2.75, 3.05) is 0 Å². The fourth-order valence-electron chi connectivity index (χ4n) is 3.75. The van der Waals surface area contributed by atoms with Gasteiger partial charge in [0.25, 0.3) is 0 Å². The lowest BCUT2D eigenvalue weighted by Crippen LogP contribution is -2.13. The van der Waals surface area contributed by atoms with Crippen molar-refractivity contribution >= 4 is 5.97 Å². The van der Waals surface area contributed by atoms with Crippen molar-refractivity contribution < 1.29 is 22.7 Å². The van der Waals surface area contributed by atoms with Gasteiger partial charge in [-0.3, -0.25) is 0 Å². The molecular weight excluding hydrogens is 379 g/mol. The van der Waals surface area contributed by atoms with Crippen molar-refractivity contribution in [2.45, 2.75) is 45.4 Å². The number of carbonyl (C=O) groups is 1. The molecule has 1 saturated carbocycles. The van der Waals surface area contributed by atoms with E-state index < -0.39 is 34.7 Å². The predicted octanol–water partition coefficient (Wildman–Crippen LogP) is 5.95. The number of aryl methyl sites for hydroxylation is 1. The standard InChI is InChI=1S/C23H22F3NO2/c1-14-2-4-15(5-3-14)6-7-16-8-9-18(20(24)10-16)23(28)29-17-11-21(25)19(13-27)22(26)12-17/h8-12,14-15H,2-7H2,1H3. The minimum Gasteiger partial charge on any atom is -0.423 e. The first-order valence-electron chi connectivity index (χ1n) is 9.77. The molecule has 3 rings (SSSR count). The van der Waals surface area contributed by atoms with Crippen LogP contribution in [-0.2, 0) is 6.42 Å². The molecule has 1 aliphatic rings. The second-order valence-electron chi connectivity index (χ2n) is 7.74. The van der Waals surface area contributed by atoms with E-state index in [2.05, 4.69) is 6.92 Å². The van der Waals surface area contributed by atoms with Gasteiger partial charge in [0.15, 0.2) is 0 Å². The molecule has 0 amide bonds. The largest absolute Gasteiger partial charge is 0.423 e. The second kappa shape index (κ2) is 9.13. The molecule has 0 spiro atoms. The summed E-state index contributed by atoms with van der Waals surface area (Å²) in [6, 6.07) is 7.12. The highest BCUT2D eigenvalue weighted by Gasteiger charge is 2.20. The molecule has 1 fully saturated rings. The Labute approximate surface area is 168 Å². The van der Waals surface area contributed by atoms with Gasteiger partial charge in [-0.1, -0.05) is 38.7 Å². The molecule has 2 aromatic rings. The number of hydrogen-bond acceptors (Lipinski definition) is 3. The first-order chi connectivity index (χ1) is 13.9. The van der Waals surface area contributed by atoms with Crippen LogP contribution in [0.2, 0.25) is 0 Å². The molecule has 2 aromatic carbocycles. The van der Waals surface area contributed by atoms with E-state index in [1.807, 2.05) is 0 Å². The molecule has 0 aliphatic heterocycles. The van der Waals surface area contributed by atoms with Crippen molar-refractivity contribution in [1.82, 2.24) is 0 Å². The van der Waals surface area contributed by atoms with Crippen LogP contribution in [0.4, 0.5) is 13.2 Å². The summed E-state index contributed by atoms with van der Waals surface area (Å²) < 4.78 is 46.5. The van der Waals surface area contributed by atoms with Crippen LogP contribution in [0.3, 0.4) is 0 Å². The average Bonchev–Trinajstić information content (AvgIpc) is 2.67. The van der Waals surface area contributed by atoms with Gasteiger partial charge in [0, 0.05) is 12.1 Å². The van der Waals surface area contributed by atoms with E-state index in [-0.39, 0.29) is 5.56 Å². The Morgan fingerprint density at radius 3 is 2.31 bits per heavy atom. The summed E-state index contributed by atoms with van der Waals surface area (Å²) in [5, 5.41) is 8.66. The van der Waals surface area contributed by atoms with E-state index >= 15 is 0 Å². The van der Waals surface area contributed by atoms with Crippen molar-refractivity contribution in [1.29, 1.82) is 5.26 Å². The van der Waals surface area contributed by atoms with Gasteiger partial charge in [-0.25, -0.2) is 18.0 Å². The molecule has 6 heteroatoms. The molecule has 0 saturated heterocycles. The molecule has 3 nitrogen and oxygen atoms in total. The highest BCUT2D eigenvalue weighted by Crippen LogP contribution is 2.31. The van der Waals surface area contributed by atoms with Crippen LogP contribution in [0.15, 0.2) is 30.3 Å². The minimum absolute atomic E-state index is 0.314. The van der Waals surface area contributed by atoms with Crippen molar-refractivity contribution in [3.8, 4) is 11.8 Å². The van der Waals surface area contributed by atoms with Crippen LogP contribution in [0, 0.1) is 40.6 Å². The quantitative estimate of drug-likeness (QED) is 0.459. The van der Waals surface area contributed by atoms with Gasteiger partial charge < -0.3 is 4.74 Å². The van der Waals surface area contributed by atoms with Crippen LogP contribution in [0.5, 0.6) is 5.75 Å². The zero-order valence-electron chi connectivity index (χ0n) is 16.2. The van der Waals surface area contributed by atoms with Crippen LogP contribution in [0.25, 0.3) is 0 Å². The van der Waals surface area contributed by atoms with Crippen LogP contribution in [0.1, 0.15) is 60.5 Å². The van der Waals surface area contributed by atoms with E-state index in [9.17, 15) is 18.0 Å².